The van der Waals surface area contributed by atoms with Gasteiger partial charge in [-0.3, -0.25) is 0 Å². The molecule has 0 radical (unpaired) electrons. The van der Waals surface area contributed by atoms with Crippen LogP contribution in [0.2, 0.25) is 10.0 Å². The third-order valence-electron chi connectivity index (χ3n) is 6.22. The minimum Gasteiger partial charge on any atom is -0.490 e. The highest BCUT2D eigenvalue weighted by molar-refractivity contribution is 6.35. The third kappa shape index (κ3) is 7.37. The average Bonchev–Trinajstić information content (AvgIpc) is 2.92. The first-order valence-electron chi connectivity index (χ1n) is 13.1. The molecule has 0 aliphatic carbocycles. The number of halogens is 2. The summed E-state index contributed by atoms with van der Waals surface area (Å²) in [5, 5.41) is 10.7. The van der Waals surface area contributed by atoms with E-state index < -0.39 is 11.9 Å². The Labute approximate surface area is 249 Å². The lowest BCUT2D eigenvalue weighted by atomic mass is 9.83. The van der Waals surface area contributed by atoms with Gasteiger partial charge in [0.1, 0.15) is 28.9 Å². The first kappa shape index (κ1) is 29.9. The van der Waals surface area contributed by atoms with Crippen LogP contribution in [-0.2, 0) is 4.79 Å². The first-order valence-corrected chi connectivity index (χ1v) is 13.8. The molecule has 0 bridgehead atoms. The van der Waals surface area contributed by atoms with Crippen molar-refractivity contribution < 1.29 is 28.5 Å². The first-order chi connectivity index (χ1) is 19.7. The lowest BCUT2D eigenvalue weighted by molar-refractivity contribution is -0.136. The highest BCUT2D eigenvalue weighted by Gasteiger charge is 2.32. The molecule has 1 heterocycles. The fraction of sp³-hybridized carbons (Fsp3) is 0.290. The number of nitrogens with zero attached hydrogens (tertiary/aromatic N) is 1. The van der Waals surface area contributed by atoms with Gasteiger partial charge in [-0.2, -0.15) is 5.26 Å². The molecule has 3 aromatic carbocycles. The molecule has 10 heteroatoms. The van der Waals surface area contributed by atoms with Gasteiger partial charge in [-0.25, -0.2) is 4.79 Å². The van der Waals surface area contributed by atoms with Crippen LogP contribution in [-0.4, -0.2) is 25.8 Å². The molecule has 0 fully saturated rings. The van der Waals surface area contributed by atoms with Crippen molar-refractivity contribution >= 4 is 29.2 Å². The van der Waals surface area contributed by atoms with Crippen LogP contribution in [0, 0.1) is 17.2 Å². The summed E-state index contributed by atoms with van der Waals surface area (Å²) in [4.78, 5) is 12.5. The van der Waals surface area contributed by atoms with Crippen LogP contribution in [0.25, 0.3) is 0 Å². The second kappa shape index (κ2) is 13.5. The number of fused-ring (bicyclic) bond motifs is 1. The number of rotatable bonds is 11. The molecule has 4 rings (SSSR count). The van der Waals surface area contributed by atoms with Crippen molar-refractivity contribution in [2.75, 3.05) is 19.8 Å². The second-order valence-electron chi connectivity index (χ2n) is 9.63. The van der Waals surface area contributed by atoms with Crippen LogP contribution >= 0.6 is 23.2 Å². The maximum Gasteiger partial charge on any atom is 0.349 e. The molecule has 0 spiro atoms. The maximum atomic E-state index is 12.5. The topological polar surface area (TPSA) is 113 Å². The summed E-state index contributed by atoms with van der Waals surface area (Å²) >= 11 is 12.0. The van der Waals surface area contributed by atoms with Crippen molar-refractivity contribution in [3.8, 4) is 34.8 Å². The number of carbonyl (C=O) groups is 1. The Kier molecular flexibility index (Phi) is 9.87. The van der Waals surface area contributed by atoms with E-state index in [4.69, 9.17) is 52.6 Å². The number of esters is 1. The van der Waals surface area contributed by atoms with E-state index in [-0.39, 0.29) is 28.8 Å². The van der Waals surface area contributed by atoms with E-state index in [0.29, 0.717) is 52.7 Å². The predicted molar refractivity (Wildman–Crippen MR) is 156 cm³/mol. The van der Waals surface area contributed by atoms with E-state index in [2.05, 4.69) is 19.9 Å². The number of ether oxygens (including phenoxy) is 5. The lowest BCUT2D eigenvalue weighted by Crippen LogP contribution is -2.22. The van der Waals surface area contributed by atoms with Gasteiger partial charge in [0.2, 0.25) is 5.88 Å². The van der Waals surface area contributed by atoms with Crippen LogP contribution in [0.1, 0.15) is 44.2 Å². The molecule has 3 aromatic rings. The van der Waals surface area contributed by atoms with E-state index in [1.54, 1.807) is 30.3 Å². The molecule has 1 aliphatic rings. The zero-order chi connectivity index (χ0) is 29.5. The summed E-state index contributed by atoms with van der Waals surface area (Å²) < 4.78 is 28.5. The van der Waals surface area contributed by atoms with Crippen LogP contribution < -0.4 is 29.4 Å². The summed E-state index contributed by atoms with van der Waals surface area (Å²) in [5.41, 5.74) is 7.87. The third-order valence-corrected chi connectivity index (χ3v) is 6.75. The zero-order valence-electron chi connectivity index (χ0n) is 22.9. The van der Waals surface area contributed by atoms with Gasteiger partial charge in [0.15, 0.2) is 18.1 Å². The summed E-state index contributed by atoms with van der Waals surface area (Å²) in [6.45, 7) is 6.79. The Morgan fingerprint density at radius 3 is 2.51 bits per heavy atom. The van der Waals surface area contributed by atoms with Crippen molar-refractivity contribution in [3.63, 3.8) is 0 Å². The minimum atomic E-state index is -0.654. The molecule has 214 valence electrons. The fourth-order valence-corrected chi connectivity index (χ4v) is 4.69. The van der Waals surface area contributed by atoms with Gasteiger partial charge in [-0.15, -0.1) is 0 Å². The van der Waals surface area contributed by atoms with Gasteiger partial charge in [-0.05, 0) is 61.2 Å². The molecule has 1 atom stereocenters. The molecule has 8 nitrogen and oxygen atoms in total. The fourth-order valence-electron chi connectivity index (χ4n) is 4.23. The highest BCUT2D eigenvalue weighted by Crippen LogP contribution is 2.45. The number of carbonyl (C=O) groups excluding carboxylic acids is 1. The van der Waals surface area contributed by atoms with Crippen LogP contribution in [0.4, 0.5) is 0 Å². The molecular formula is C31H30Cl2N2O6. The largest absolute Gasteiger partial charge is 0.490 e. The highest BCUT2D eigenvalue weighted by atomic mass is 35.5. The van der Waals surface area contributed by atoms with Crippen molar-refractivity contribution in [2.45, 2.75) is 33.1 Å². The molecule has 1 unspecified atom stereocenters. The van der Waals surface area contributed by atoms with Gasteiger partial charge >= 0.3 is 5.97 Å². The smallest absolute Gasteiger partial charge is 0.349 e. The van der Waals surface area contributed by atoms with Gasteiger partial charge in [0.05, 0.1) is 24.2 Å². The Hall–Kier alpha value is -4.06. The van der Waals surface area contributed by atoms with Gasteiger partial charge in [-0.1, -0.05) is 49.2 Å². The number of benzene rings is 3. The molecule has 1 aliphatic heterocycles. The second-order valence-corrected chi connectivity index (χ2v) is 10.5. The predicted octanol–water partition coefficient (Wildman–Crippen LogP) is 7.02. The Bertz CT molecular complexity index is 1500. The normalized spacial score (nSPS) is 14.1. The number of hydrogen-bond donors (Lipinski definition) is 1. The quantitative estimate of drug-likeness (QED) is 0.185. The summed E-state index contributed by atoms with van der Waals surface area (Å²) in [6.07, 6.45) is 0.909. The Morgan fingerprint density at radius 2 is 1.80 bits per heavy atom. The van der Waals surface area contributed by atoms with Crippen LogP contribution in [0.5, 0.6) is 28.7 Å². The van der Waals surface area contributed by atoms with Crippen molar-refractivity contribution in [3.05, 3.63) is 87.2 Å². The average molecular weight is 597 g/mol. The summed E-state index contributed by atoms with van der Waals surface area (Å²) in [5.74, 6) is 1.36. The molecule has 2 N–H and O–H groups in total. The minimum absolute atomic E-state index is 0.0376. The van der Waals surface area contributed by atoms with Gasteiger partial charge in [0.25, 0.3) is 0 Å². The van der Waals surface area contributed by atoms with Crippen LogP contribution in [0.3, 0.4) is 0 Å². The maximum absolute atomic E-state index is 12.5. The van der Waals surface area contributed by atoms with Gasteiger partial charge < -0.3 is 29.4 Å². The zero-order valence-corrected chi connectivity index (χ0v) is 24.4. The van der Waals surface area contributed by atoms with Crippen LogP contribution in [0.15, 0.2) is 66.1 Å². The number of nitriles is 1. The number of allylic oxidation sites excluding steroid dienone is 1. The Morgan fingerprint density at radius 1 is 1.02 bits per heavy atom. The van der Waals surface area contributed by atoms with E-state index in [0.717, 1.165) is 12.0 Å². The van der Waals surface area contributed by atoms with Crippen molar-refractivity contribution in [2.24, 2.45) is 11.7 Å². The molecule has 0 saturated carbocycles. The summed E-state index contributed by atoms with van der Waals surface area (Å²) in [7, 11) is 0. The summed E-state index contributed by atoms with van der Waals surface area (Å²) in [6, 6.07) is 17.3. The SMILES string of the molecule is CCOc1cc(C2C(C#N)=C(N)Oc3cc(OC(=O)COc4ccc(Cl)cc4Cl)ccc32)ccc1OCCC(C)C. The van der Waals surface area contributed by atoms with E-state index in [1.807, 2.05) is 25.1 Å². The van der Waals surface area contributed by atoms with Crippen molar-refractivity contribution in [1.82, 2.24) is 0 Å². The number of nitrogens with two attached hydrogens (primary N) is 1. The van der Waals surface area contributed by atoms with E-state index >= 15 is 0 Å². The lowest BCUT2D eigenvalue weighted by Gasteiger charge is -2.27. The standard InChI is InChI=1S/C31H30Cl2N2O6/c1-4-37-28-13-19(5-9-26(28)38-12-11-18(2)3)30-22-8-7-21(15-27(22)41-31(35)23(30)16-34)40-29(36)17-39-25-10-6-20(32)14-24(25)33/h5-10,13-15,18,30H,4,11-12,17,35H2,1-3H3. The molecule has 0 saturated heterocycles. The molecule has 0 aromatic heterocycles. The molecular weight excluding hydrogens is 567 g/mol. The Balaban J connectivity index is 1.56. The molecule has 0 amide bonds. The van der Waals surface area contributed by atoms with Gasteiger partial charge in [0, 0.05) is 16.7 Å². The monoisotopic (exact) mass is 596 g/mol. The van der Waals surface area contributed by atoms with Crippen molar-refractivity contribution in [1.29, 1.82) is 5.26 Å². The molecule has 41 heavy (non-hydrogen) atoms. The van der Waals surface area contributed by atoms with E-state index in [1.165, 1.54) is 6.07 Å². The number of hydrogen-bond acceptors (Lipinski definition) is 8. The van der Waals surface area contributed by atoms with E-state index in [9.17, 15) is 10.1 Å².